The highest BCUT2D eigenvalue weighted by Crippen LogP contribution is 2.29. The van der Waals surface area contributed by atoms with Crippen molar-refractivity contribution < 1.29 is 0 Å². The lowest BCUT2D eigenvalue weighted by molar-refractivity contribution is 0.215. The third-order valence-electron chi connectivity index (χ3n) is 5.32. The van der Waals surface area contributed by atoms with Gasteiger partial charge in [-0.15, -0.1) is 21.5 Å². The number of aromatic nitrogens is 4. The van der Waals surface area contributed by atoms with Gasteiger partial charge in [-0.1, -0.05) is 6.07 Å². The molecule has 3 aromatic rings. The summed E-state index contributed by atoms with van der Waals surface area (Å²) in [6.07, 6.45) is 3.54. The summed E-state index contributed by atoms with van der Waals surface area (Å²) in [7, 11) is 0. The highest BCUT2D eigenvalue weighted by Gasteiger charge is 2.31. The van der Waals surface area contributed by atoms with Gasteiger partial charge in [0, 0.05) is 56.1 Å². The third kappa shape index (κ3) is 3.07. The number of nitrogens with one attached hydrogen (secondary N) is 2. The zero-order chi connectivity index (χ0) is 17.3. The van der Waals surface area contributed by atoms with Gasteiger partial charge in [0.25, 0.3) is 0 Å². The van der Waals surface area contributed by atoms with Crippen LogP contribution in [0, 0.1) is 5.92 Å². The molecule has 5 rings (SSSR count). The molecule has 0 saturated carbocycles. The Bertz CT molecular complexity index is 855. The van der Waals surface area contributed by atoms with Crippen molar-refractivity contribution in [3.8, 4) is 0 Å². The Kier molecular flexibility index (Phi) is 4.29. The van der Waals surface area contributed by atoms with E-state index in [4.69, 9.17) is 0 Å². The van der Waals surface area contributed by atoms with E-state index < -0.39 is 0 Å². The minimum atomic E-state index is 0.424. The van der Waals surface area contributed by atoms with Gasteiger partial charge in [0.1, 0.15) is 6.33 Å². The highest BCUT2D eigenvalue weighted by atomic mass is 32.1. The van der Waals surface area contributed by atoms with Crippen molar-refractivity contribution in [2.75, 3.05) is 44.2 Å². The van der Waals surface area contributed by atoms with Gasteiger partial charge in [-0.05, 0) is 11.4 Å². The number of thiophene rings is 1. The Hall–Kier alpha value is -2.07. The minimum absolute atomic E-state index is 0.424. The molecule has 9 heteroatoms. The molecule has 8 nitrogen and oxygen atoms in total. The number of nitrogens with zero attached hydrogens (tertiary/aromatic N) is 6. The Morgan fingerprint density at radius 2 is 2.15 bits per heavy atom. The van der Waals surface area contributed by atoms with E-state index in [9.17, 15) is 0 Å². The average molecular weight is 370 g/mol. The minimum Gasteiger partial charge on any atom is -0.368 e. The van der Waals surface area contributed by atoms with Gasteiger partial charge in [0.2, 0.25) is 0 Å². The number of fused-ring (bicyclic) bond motifs is 1. The van der Waals surface area contributed by atoms with Crippen molar-refractivity contribution in [1.29, 1.82) is 0 Å². The normalized spacial score (nSPS) is 24.5. The highest BCUT2D eigenvalue weighted by molar-refractivity contribution is 7.10. The molecule has 0 radical (unpaired) electrons. The molecule has 2 N–H and O–H groups in total. The van der Waals surface area contributed by atoms with E-state index in [1.807, 2.05) is 17.5 Å². The summed E-state index contributed by atoms with van der Waals surface area (Å²) in [4.78, 5) is 6.39. The predicted molar refractivity (Wildman–Crippen MR) is 101 cm³/mol. The van der Waals surface area contributed by atoms with Crippen molar-refractivity contribution >= 4 is 22.7 Å². The molecule has 0 spiro atoms. The molecule has 0 bridgehead atoms. The van der Waals surface area contributed by atoms with E-state index in [0.29, 0.717) is 12.0 Å². The smallest absolute Gasteiger partial charge is 0.179 e. The topological polar surface area (TPSA) is 73.6 Å². The van der Waals surface area contributed by atoms with Crippen LogP contribution in [0.15, 0.2) is 36.1 Å². The molecule has 0 amide bonds. The number of hydrogen-bond acceptors (Lipinski definition) is 8. The van der Waals surface area contributed by atoms with Crippen molar-refractivity contribution in [1.82, 2.24) is 35.6 Å². The molecular formula is C17H22N8S. The summed E-state index contributed by atoms with van der Waals surface area (Å²) in [6, 6.07) is 6.85. The molecule has 136 valence electrons. The maximum atomic E-state index is 4.38. The first-order chi connectivity index (χ1) is 12.9. The second kappa shape index (κ2) is 6.92. The molecule has 2 fully saturated rings. The van der Waals surface area contributed by atoms with E-state index in [2.05, 4.69) is 59.5 Å². The van der Waals surface area contributed by atoms with Crippen LogP contribution in [0.2, 0.25) is 0 Å². The lowest BCUT2D eigenvalue weighted by atomic mass is 9.99. The number of anilines is 1. The second-order valence-corrected chi connectivity index (χ2v) is 7.89. The van der Waals surface area contributed by atoms with Gasteiger partial charge >= 0.3 is 0 Å². The van der Waals surface area contributed by atoms with Crippen LogP contribution >= 0.6 is 11.3 Å². The van der Waals surface area contributed by atoms with Crippen molar-refractivity contribution in [3.05, 3.63) is 41.0 Å². The Labute approximate surface area is 155 Å². The predicted octanol–water partition coefficient (Wildman–Crippen LogP) is 0.773. The van der Waals surface area contributed by atoms with Gasteiger partial charge in [0.15, 0.2) is 5.65 Å². The summed E-state index contributed by atoms with van der Waals surface area (Å²) >= 11 is 1.84. The van der Waals surface area contributed by atoms with Crippen LogP contribution in [0.5, 0.6) is 0 Å². The van der Waals surface area contributed by atoms with E-state index in [-0.39, 0.29) is 0 Å². The molecule has 5 heterocycles. The molecule has 2 aliphatic heterocycles. The first-order valence-corrected chi connectivity index (χ1v) is 9.90. The van der Waals surface area contributed by atoms with Crippen LogP contribution in [-0.2, 0) is 0 Å². The number of rotatable bonds is 4. The SMILES string of the molecule is c1csc(C2NNCC2CN2CCN(c3cnn4cnnc4c3)CC2)c1. The standard InChI is InChI=1S/C17H22N8S/c1-2-15(26-7-1)17-13(9-18-22-17)11-23-3-5-24(6-4-23)14-8-16-21-19-12-25(16)20-10-14/h1-2,7-8,10,12-13,17-18,22H,3-6,9,11H2. The van der Waals surface area contributed by atoms with Crippen LogP contribution in [0.1, 0.15) is 10.9 Å². The van der Waals surface area contributed by atoms with Crippen molar-refractivity contribution in [3.63, 3.8) is 0 Å². The van der Waals surface area contributed by atoms with E-state index in [1.165, 1.54) is 4.88 Å². The first kappa shape index (κ1) is 16.1. The van der Waals surface area contributed by atoms with E-state index in [0.717, 1.165) is 50.6 Å². The van der Waals surface area contributed by atoms with Crippen LogP contribution in [-0.4, -0.2) is 64.0 Å². The first-order valence-electron chi connectivity index (χ1n) is 9.02. The summed E-state index contributed by atoms with van der Waals surface area (Å²) < 4.78 is 1.70. The molecule has 2 aliphatic rings. The molecule has 2 atom stereocenters. The summed E-state index contributed by atoms with van der Waals surface area (Å²) in [5, 5.41) is 14.5. The second-order valence-electron chi connectivity index (χ2n) is 6.91. The van der Waals surface area contributed by atoms with Crippen LogP contribution in [0.25, 0.3) is 5.65 Å². The fourth-order valence-electron chi connectivity index (χ4n) is 3.88. The fraction of sp³-hybridized carbons (Fsp3) is 0.471. The lowest BCUT2D eigenvalue weighted by Gasteiger charge is -2.37. The Balaban J connectivity index is 1.20. The number of piperazine rings is 1. The van der Waals surface area contributed by atoms with Gasteiger partial charge < -0.3 is 4.90 Å². The zero-order valence-corrected chi connectivity index (χ0v) is 15.3. The monoisotopic (exact) mass is 370 g/mol. The zero-order valence-electron chi connectivity index (χ0n) is 14.5. The number of hydrogen-bond donors (Lipinski definition) is 2. The van der Waals surface area contributed by atoms with Gasteiger partial charge in [-0.25, -0.2) is 9.94 Å². The van der Waals surface area contributed by atoms with E-state index in [1.54, 1.807) is 10.8 Å². The molecule has 0 aliphatic carbocycles. The Morgan fingerprint density at radius 3 is 3.00 bits per heavy atom. The maximum absolute atomic E-state index is 4.38. The van der Waals surface area contributed by atoms with Crippen LogP contribution in [0.3, 0.4) is 0 Å². The molecular weight excluding hydrogens is 348 g/mol. The van der Waals surface area contributed by atoms with Crippen LogP contribution in [0.4, 0.5) is 5.69 Å². The summed E-state index contributed by atoms with van der Waals surface area (Å²) in [5.41, 5.74) is 8.72. The largest absolute Gasteiger partial charge is 0.368 e. The molecule has 0 aromatic carbocycles. The van der Waals surface area contributed by atoms with Crippen molar-refractivity contribution in [2.24, 2.45) is 5.92 Å². The van der Waals surface area contributed by atoms with Gasteiger partial charge in [-0.2, -0.15) is 5.10 Å². The van der Waals surface area contributed by atoms with Gasteiger partial charge in [0.05, 0.1) is 17.9 Å². The maximum Gasteiger partial charge on any atom is 0.179 e. The summed E-state index contributed by atoms with van der Waals surface area (Å²) in [6.45, 7) is 6.33. The lowest BCUT2D eigenvalue weighted by Crippen LogP contribution is -2.48. The molecule has 2 unspecified atom stereocenters. The number of hydrazine groups is 1. The molecule has 3 aromatic heterocycles. The third-order valence-corrected chi connectivity index (χ3v) is 6.28. The van der Waals surface area contributed by atoms with E-state index >= 15 is 0 Å². The average Bonchev–Trinajstić information content (AvgIpc) is 3.43. The fourth-order valence-corrected chi connectivity index (χ4v) is 4.75. The van der Waals surface area contributed by atoms with Crippen LogP contribution < -0.4 is 15.8 Å². The quantitative estimate of drug-likeness (QED) is 0.703. The summed E-state index contributed by atoms with van der Waals surface area (Å²) in [5.74, 6) is 0.606. The molecule has 26 heavy (non-hydrogen) atoms. The van der Waals surface area contributed by atoms with Crippen molar-refractivity contribution in [2.45, 2.75) is 6.04 Å². The molecule has 2 saturated heterocycles. The van der Waals surface area contributed by atoms with Gasteiger partial charge in [-0.3, -0.25) is 10.3 Å². The Morgan fingerprint density at radius 1 is 1.23 bits per heavy atom.